The summed E-state index contributed by atoms with van der Waals surface area (Å²) in [7, 11) is 1.04. The zero-order valence-electron chi connectivity index (χ0n) is 16.4. The Morgan fingerprint density at radius 1 is 1.26 bits per heavy atom. The van der Waals surface area contributed by atoms with Crippen LogP contribution in [-0.4, -0.2) is 47.3 Å². The van der Waals surface area contributed by atoms with E-state index in [1.165, 1.54) is 19.9 Å². The Bertz CT molecular complexity index is 1070. The van der Waals surface area contributed by atoms with Gasteiger partial charge >= 0.3 is 12.1 Å². The van der Waals surface area contributed by atoms with Crippen LogP contribution in [0.25, 0.3) is 0 Å². The van der Waals surface area contributed by atoms with E-state index in [4.69, 9.17) is 10.00 Å². The first kappa shape index (κ1) is 21.2. The minimum Gasteiger partial charge on any atom is -0.469 e. The van der Waals surface area contributed by atoms with Crippen molar-refractivity contribution in [2.45, 2.75) is 37.4 Å². The SMILES string of the molecule is COC(=O)[C@@H]1[C@@H](F)C2(C)OC1(C)[C@@H]1C(=O)N(c3cnc(C#N)c(C(F)(F)F)c3)C(=O)[C@@H]12. The Balaban J connectivity index is 1.82. The number of rotatable bonds is 2. The quantitative estimate of drug-likeness (QED) is 0.391. The van der Waals surface area contributed by atoms with Gasteiger partial charge < -0.3 is 9.47 Å². The maximum Gasteiger partial charge on any atom is 0.419 e. The number of imide groups is 1. The largest absolute Gasteiger partial charge is 0.469 e. The second-order valence-corrected chi connectivity index (χ2v) is 8.04. The number of nitriles is 1. The summed E-state index contributed by atoms with van der Waals surface area (Å²) in [4.78, 5) is 42.4. The lowest BCUT2D eigenvalue weighted by Gasteiger charge is -2.35. The Morgan fingerprint density at radius 2 is 1.84 bits per heavy atom. The number of methoxy groups -OCH3 is 1. The molecule has 0 saturated carbocycles. The van der Waals surface area contributed by atoms with Crippen molar-refractivity contribution in [3.05, 3.63) is 23.5 Å². The van der Waals surface area contributed by atoms with Crippen molar-refractivity contribution in [1.29, 1.82) is 5.26 Å². The average molecular weight is 441 g/mol. The van der Waals surface area contributed by atoms with Gasteiger partial charge in [0, 0.05) is 0 Å². The lowest BCUT2D eigenvalue weighted by molar-refractivity contribution is -0.155. The van der Waals surface area contributed by atoms with Gasteiger partial charge in [0.05, 0.1) is 42.0 Å². The molecule has 0 spiro atoms. The monoisotopic (exact) mass is 441 g/mol. The van der Waals surface area contributed by atoms with Crippen molar-refractivity contribution in [2.75, 3.05) is 12.0 Å². The van der Waals surface area contributed by atoms with Gasteiger partial charge in [-0.15, -0.1) is 0 Å². The number of ether oxygens (including phenoxy) is 2. The van der Waals surface area contributed by atoms with Crippen LogP contribution in [0.3, 0.4) is 0 Å². The van der Waals surface area contributed by atoms with Crippen LogP contribution in [0.15, 0.2) is 12.3 Å². The number of amides is 2. The number of esters is 1. The molecule has 4 rings (SSSR count). The minimum atomic E-state index is -4.96. The Kier molecular flexibility index (Phi) is 4.25. The summed E-state index contributed by atoms with van der Waals surface area (Å²) in [5.74, 6) is -7.04. The molecule has 6 atom stereocenters. The van der Waals surface area contributed by atoms with E-state index in [2.05, 4.69) is 9.72 Å². The number of hydrogen-bond donors (Lipinski definition) is 0. The van der Waals surface area contributed by atoms with E-state index in [-0.39, 0.29) is 0 Å². The first-order chi connectivity index (χ1) is 14.3. The van der Waals surface area contributed by atoms with Crippen LogP contribution in [0.1, 0.15) is 25.1 Å². The van der Waals surface area contributed by atoms with Crippen LogP contribution >= 0.6 is 0 Å². The number of aromatic nitrogens is 1. The molecule has 3 fully saturated rings. The predicted molar refractivity (Wildman–Crippen MR) is 91.7 cm³/mol. The lowest BCUT2D eigenvalue weighted by atomic mass is 9.63. The molecule has 164 valence electrons. The molecule has 3 aliphatic heterocycles. The van der Waals surface area contributed by atoms with E-state index in [0.717, 1.165) is 13.3 Å². The van der Waals surface area contributed by atoms with E-state index in [1.807, 2.05) is 0 Å². The van der Waals surface area contributed by atoms with Gasteiger partial charge in [-0.1, -0.05) is 0 Å². The molecule has 0 aliphatic carbocycles. The Hall–Kier alpha value is -3.07. The third-order valence-corrected chi connectivity index (χ3v) is 6.44. The van der Waals surface area contributed by atoms with Gasteiger partial charge in [-0.25, -0.2) is 14.3 Å². The van der Waals surface area contributed by atoms with Gasteiger partial charge in [0.15, 0.2) is 5.69 Å². The smallest absolute Gasteiger partial charge is 0.419 e. The van der Waals surface area contributed by atoms with Crippen LogP contribution in [0, 0.1) is 29.1 Å². The first-order valence-corrected chi connectivity index (χ1v) is 9.10. The molecular formula is C19H15F4N3O5. The molecule has 1 aromatic rings. The van der Waals surface area contributed by atoms with Crippen molar-refractivity contribution in [1.82, 2.24) is 4.98 Å². The van der Waals surface area contributed by atoms with E-state index in [9.17, 15) is 27.6 Å². The van der Waals surface area contributed by atoms with Crippen LogP contribution in [0.5, 0.6) is 0 Å². The number of pyridine rings is 1. The van der Waals surface area contributed by atoms with Gasteiger partial charge in [0.2, 0.25) is 11.8 Å². The number of fused-ring (bicyclic) bond motifs is 5. The van der Waals surface area contributed by atoms with Crippen LogP contribution in [-0.2, 0) is 30.0 Å². The van der Waals surface area contributed by atoms with Gasteiger partial charge in [0.1, 0.15) is 23.8 Å². The molecule has 3 saturated heterocycles. The van der Waals surface area contributed by atoms with E-state index < -0.39 is 76.0 Å². The zero-order chi connectivity index (χ0) is 23.1. The molecule has 8 nitrogen and oxygen atoms in total. The van der Waals surface area contributed by atoms with Crippen molar-refractivity contribution in [3.8, 4) is 6.07 Å². The van der Waals surface area contributed by atoms with Crippen LogP contribution in [0.2, 0.25) is 0 Å². The topological polar surface area (TPSA) is 110 Å². The summed E-state index contributed by atoms with van der Waals surface area (Å²) < 4.78 is 65.5. The fraction of sp³-hybridized carbons (Fsp3) is 0.526. The molecule has 1 aromatic heterocycles. The lowest BCUT2D eigenvalue weighted by Crippen LogP contribution is -2.55. The van der Waals surface area contributed by atoms with Gasteiger partial charge in [-0.3, -0.25) is 14.4 Å². The summed E-state index contributed by atoms with van der Waals surface area (Å²) >= 11 is 0. The molecule has 2 bridgehead atoms. The standard InChI is InChI=1S/C19H15F4N3O5/c1-17-10-11(18(2,31-17)13(20)12(17)16(29)30-3)15(28)26(14(10)27)7-4-8(19(21,22)23)9(5-24)25-6-7/h4,6,10-13H,1-3H3/t10-,11+,12-,13+,17?,18?/m0/s1. The Morgan fingerprint density at radius 3 is 2.35 bits per heavy atom. The molecule has 2 amide bonds. The van der Waals surface area contributed by atoms with Crippen molar-refractivity contribution < 1.29 is 41.4 Å². The van der Waals surface area contributed by atoms with Crippen molar-refractivity contribution in [2.24, 2.45) is 17.8 Å². The summed E-state index contributed by atoms with van der Waals surface area (Å²) in [6.45, 7) is 2.56. The summed E-state index contributed by atoms with van der Waals surface area (Å²) in [5, 5.41) is 8.89. The van der Waals surface area contributed by atoms with E-state index in [1.54, 1.807) is 0 Å². The number of carbonyl (C=O) groups excluding carboxylic acids is 3. The molecule has 31 heavy (non-hydrogen) atoms. The fourth-order valence-corrected chi connectivity index (χ4v) is 5.15. The van der Waals surface area contributed by atoms with Crippen molar-refractivity contribution in [3.63, 3.8) is 0 Å². The summed E-state index contributed by atoms with van der Waals surface area (Å²) in [6.07, 6.45) is -6.15. The number of alkyl halides is 4. The number of halogens is 4. The molecule has 12 heteroatoms. The molecular weight excluding hydrogens is 426 g/mol. The van der Waals surface area contributed by atoms with E-state index in [0.29, 0.717) is 11.0 Å². The fourth-order valence-electron chi connectivity index (χ4n) is 5.15. The number of anilines is 1. The molecule has 0 radical (unpaired) electrons. The highest BCUT2D eigenvalue weighted by atomic mass is 19.4. The highest BCUT2D eigenvalue weighted by molar-refractivity contribution is 6.23. The van der Waals surface area contributed by atoms with Crippen LogP contribution in [0.4, 0.5) is 23.2 Å². The van der Waals surface area contributed by atoms with Gasteiger partial charge in [-0.2, -0.15) is 18.4 Å². The predicted octanol–water partition coefficient (Wildman–Crippen LogP) is 1.77. The van der Waals surface area contributed by atoms with Gasteiger partial charge in [-0.05, 0) is 19.9 Å². The summed E-state index contributed by atoms with van der Waals surface area (Å²) in [5.41, 5.74) is -6.44. The summed E-state index contributed by atoms with van der Waals surface area (Å²) in [6, 6.07) is 1.78. The zero-order valence-corrected chi connectivity index (χ0v) is 16.4. The second kappa shape index (κ2) is 6.23. The highest BCUT2D eigenvalue weighted by Crippen LogP contribution is 2.64. The maximum absolute atomic E-state index is 15.2. The minimum absolute atomic E-state index is 0.473. The van der Waals surface area contributed by atoms with E-state index >= 15 is 4.39 Å². The third-order valence-electron chi connectivity index (χ3n) is 6.44. The maximum atomic E-state index is 15.2. The Labute approximate surface area is 172 Å². The first-order valence-electron chi connectivity index (χ1n) is 9.10. The number of carbonyl (C=O) groups is 3. The van der Waals surface area contributed by atoms with Gasteiger partial charge in [0.25, 0.3) is 0 Å². The third kappa shape index (κ3) is 2.49. The average Bonchev–Trinajstić information content (AvgIpc) is 3.19. The molecule has 2 unspecified atom stereocenters. The number of nitrogens with zero attached hydrogens (tertiary/aromatic N) is 3. The highest BCUT2D eigenvalue weighted by Gasteiger charge is 2.81. The van der Waals surface area contributed by atoms with Crippen LogP contribution < -0.4 is 4.90 Å². The normalized spacial score (nSPS) is 36.5. The molecule has 3 aliphatic rings. The number of hydrogen-bond acceptors (Lipinski definition) is 7. The van der Waals surface area contributed by atoms with Crippen molar-refractivity contribution >= 4 is 23.5 Å². The molecule has 4 heterocycles. The second-order valence-electron chi connectivity index (χ2n) is 8.04. The molecule has 0 aromatic carbocycles. The molecule has 0 N–H and O–H groups in total.